The Kier molecular flexibility index (Phi) is 5.50. The van der Waals surface area contributed by atoms with Crippen LogP contribution in [-0.4, -0.2) is 18.1 Å². The summed E-state index contributed by atoms with van der Waals surface area (Å²) in [4.78, 5) is 2.64. The lowest BCUT2D eigenvalue weighted by molar-refractivity contribution is 0.581. The fourth-order valence-corrected chi connectivity index (χ4v) is 3.58. The number of halogens is 1. The van der Waals surface area contributed by atoms with Gasteiger partial charge in [-0.3, -0.25) is 0 Å². The van der Waals surface area contributed by atoms with E-state index < -0.39 is 0 Å². The lowest BCUT2D eigenvalue weighted by atomic mass is 10.1. The van der Waals surface area contributed by atoms with Crippen LogP contribution in [0, 0.1) is 0 Å². The van der Waals surface area contributed by atoms with Crippen molar-refractivity contribution in [3.8, 4) is 0 Å². The third-order valence-corrected chi connectivity index (χ3v) is 4.77. The Balaban J connectivity index is 2.29. The average molecular weight is 339 g/mol. The lowest BCUT2D eigenvalue weighted by Crippen LogP contribution is -2.35. The second-order valence-corrected chi connectivity index (χ2v) is 7.12. The maximum Gasteiger partial charge on any atom is 0.0417 e. The second kappa shape index (κ2) is 6.95. The summed E-state index contributed by atoms with van der Waals surface area (Å²) in [7, 11) is 0. The lowest BCUT2D eigenvalue weighted by Gasteiger charge is -2.32. The van der Waals surface area contributed by atoms with Crippen LogP contribution in [0.15, 0.2) is 22.7 Å². The number of nitrogens with one attached hydrogen (secondary N) is 1. The zero-order valence-electron chi connectivity index (χ0n) is 13.1. The van der Waals surface area contributed by atoms with Crippen molar-refractivity contribution in [1.82, 2.24) is 5.32 Å². The Morgan fingerprint density at radius 3 is 2.75 bits per heavy atom. The van der Waals surface area contributed by atoms with E-state index in [1.54, 1.807) is 0 Å². The molecule has 1 aromatic carbocycles. The minimum Gasteiger partial charge on any atom is -0.366 e. The summed E-state index contributed by atoms with van der Waals surface area (Å²) in [5, 5.41) is 3.55. The van der Waals surface area contributed by atoms with Crippen LogP contribution in [-0.2, 0) is 6.54 Å². The molecule has 0 spiro atoms. The van der Waals surface area contributed by atoms with Crippen LogP contribution in [0.5, 0.6) is 0 Å². The van der Waals surface area contributed by atoms with E-state index in [-0.39, 0.29) is 0 Å². The molecule has 1 aromatic rings. The van der Waals surface area contributed by atoms with Crippen LogP contribution in [0.1, 0.15) is 52.5 Å². The maximum atomic E-state index is 3.61. The first-order chi connectivity index (χ1) is 9.52. The van der Waals surface area contributed by atoms with Crippen molar-refractivity contribution in [1.29, 1.82) is 0 Å². The molecule has 1 heterocycles. The van der Waals surface area contributed by atoms with Gasteiger partial charge >= 0.3 is 0 Å². The first-order valence-corrected chi connectivity index (χ1v) is 8.62. The van der Waals surface area contributed by atoms with Gasteiger partial charge in [-0.2, -0.15) is 0 Å². The van der Waals surface area contributed by atoms with E-state index in [9.17, 15) is 0 Å². The monoisotopic (exact) mass is 338 g/mol. The van der Waals surface area contributed by atoms with E-state index in [0.29, 0.717) is 18.1 Å². The number of nitrogens with zero attached hydrogens (tertiary/aromatic N) is 1. The molecule has 0 bridgehead atoms. The minimum absolute atomic E-state index is 0.514. The Morgan fingerprint density at radius 2 is 2.10 bits per heavy atom. The van der Waals surface area contributed by atoms with E-state index in [1.165, 1.54) is 35.0 Å². The van der Waals surface area contributed by atoms with Crippen molar-refractivity contribution >= 4 is 21.6 Å². The third-order valence-electron chi connectivity index (χ3n) is 4.28. The van der Waals surface area contributed by atoms with Gasteiger partial charge in [-0.15, -0.1) is 0 Å². The number of anilines is 1. The Hall–Kier alpha value is -0.540. The second-order valence-electron chi connectivity index (χ2n) is 6.20. The molecule has 1 aliphatic rings. The quantitative estimate of drug-likeness (QED) is 0.835. The molecular weight excluding hydrogens is 312 g/mol. The van der Waals surface area contributed by atoms with Crippen molar-refractivity contribution < 1.29 is 0 Å². The van der Waals surface area contributed by atoms with Crippen molar-refractivity contribution in [3.05, 3.63) is 28.2 Å². The SMILES string of the molecule is CCC1CCC(C)N1c1ccc(Br)cc1CNC(C)C. The number of hydrogen-bond donors (Lipinski definition) is 1. The first kappa shape index (κ1) is 15.8. The van der Waals surface area contributed by atoms with E-state index in [2.05, 4.69) is 72.0 Å². The van der Waals surface area contributed by atoms with Gasteiger partial charge in [-0.1, -0.05) is 36.7 Å². The normalized spacial score (nSPS) is 22.8. The molecule has 0 amide bonds. The van der Waals surface area contributed by atoms with E-state index >= 15 is 0 Å². The molecule has 2 rings (SSSR count). The van der Waals surface area contributed by atoms with Crippen molar-refractivity contribution in [2.75, 3.05) is 4.90 Å². The molecule has 20 heavy (non-hydrogen) atoms. The van der Waals surface area contributed by atoms with Crippen molar-refractivity contribution in [2.24, 2.45) is 0 Å². The standard InChI is InChI=1S/C17H27BrN2/c1-5-16-8-6-13(4)20(16)17-9-7-15(18)10-14(17)11-19-12(2)3/h7,9-10,12-13,16,19H,5-6,8,11H2,1-4H3. The highest BCUT2D eigenvalue weighted by molar-refractivity contribution is 9.10. The summed E-state index contributed by atoms with van der Waals surface area (Å²) in [6.45, 7) is 10.0. The highest BCUT2D eigenvalue weighted by Crippen LogP contribution is 2.35. The highest BCUT2D eigenvalue weighted by Gasteiger charge is 2.30. The molecule has 1 saturated heterocycles. The Bertz CT molecular complexity index is 445. The zero-order valence-corrected chi connectivity index (χ0v) is 14.7. The molecule has 0 saturated carbocycles. The van der Waals surface area contributed by atoms with Crippen LogP contribution in [0.4, 0.5) is 5.69 Å². The molecule has 0 aromatic heterocycles. The first-order valence-electron chi connectivity index (χ1n) is 7.83. The number of benzene rings is 1. The molecule has 3 heteroatoms. The predicted molar refractivity (Wildman–Crippen MR) is 91.4 cm³/mol. The van der Waals surface area contributed by atoms with Crippen LogP contribution < -0.4 is 10.2 Å². The molecule has 1 aliphatic heterocycles. The smallest absolute Gasteiger partial charge is 0.0417 e. The molecule has 1 N–H and O–H groups in total. The summed E-state index contributed by atoms with van der Waals surface area (Å²) in [6, 6.07) is 8.59. The van der Waals surface area contributed by atoms with Gasteiger partial charge in [-0.25, -0.2) is 0 Å². The fraction of sp³-hybridized carbons (Fsp3) is 0.647. The largest absolute Gasteiger partial charge is 0.366 e. The van der Waals surface area contributed by atoms with Crippen LogP contribution >= 0.6 is 15.9 Å². The topological polar surface area (TPSA) is 15.3 Å². The van der Waals surface area contributed by atoms with Gasteiger partial charge in [0, 0.05) is 34.8 Å². The summed E-state index contributed by atoms with van der Waals surface area (Å²) >= 11 is 3.61. The van der Waals surface area contributed by atoms with Crippen LogP contribution in [0.2, 0.25) is 0 Å². The summed E-state index contributed by atoms with van der Waals surface area (Å²) in [5.74, 6) is 0. The van der Waals surface area contributed by atoms with Crippen LogP contribution in [0.3, 0.4) is 0 Å². The third kappa shape index (κ3) is 3.56. The van der Waals surface area contributed by atoms with E-state index in [0.717, 1.165) is 6.54 Å². The van der Waals surface area contributed by atoms with Gasteiger partial charge < -0.3 is 10.2 Å². The molecule has 0 aliphatic carbocycles. The number of rotatable bonds is 5. The van der Waals surface area contributed by atoms with Gasteiger partial charge in [0.1, 0.15) is 0 Å². The van der Waals surface area contributed by atoms with Gasteiger partial charge in [0.25, 0.3) is 0 Å². The molecule has 112 valence electrons. The van der Waals surface area contributed by atoms with Gasteiger partial charge in [0.05, 0.1) is 0 Å². The summed E-state index contributed by atoms with van der Waals surface area (Å²) < 4.78 is 1.17. The Morgan fingerprint density at radius 1 is 1.35 bits per heavy atom. The molecule has 2 atom stereocenters. The maximum absolute atomic E-state index is 3.61. The molecule has 2 nitrogen and oxygen atoms in total. The average Bonchev–Trinajstić information content (AvgIpc) is 2.77. The van der Waals surface area contributed by atoms with E-state index in [4.69, 9.17) is 0 Å². The molecule has 1 fully saturated rings. The van der Waals surface area contributed by atoms with Gasteiger partial charge in [-0.05, 0) is 49.9 Å². The summed E-state index contributed by atoms with van der Waals surface area (Å²) in [5.41, 5.74) is 2.82. The zero-order chi connectivity index (χ0) is 14.7. The van der Waals surface area contributed by atoms with Crippen LogP contribution in [0.25, 0.3) is 0 Å². The molecule has 2 unspecified atom stereocenters. The van der Waals surface area contributed by atoms with Crippen molar-refractivity contribution in [2.45, 2.75) is 71.6 Å². The minimum atomic E-state index is 0.514. The van der Waals surface area contributed by atoms with Crippen molar-refractivity contribution in [3.63, 3.8) is 0 Å². The highest BCUT2D eigenvalue weighted by atomic mass is 79.9. The van der Waals surface area contributed by atoms with Gasteiger partial charge in [0.15, 0.2) is 0 Å². The number of hydrogen-bond acceptors (Lipinski definition) is 2. The fourth-order valence-electron chi connectivity index (χ4n) is 3.17. The molecule has 0 radical (unpaired) electrons. The summed E-state index contributed by atoms with van der Waals surface area (Å²) in [6.07, 6.45) is 3.87. The van der Waals surface area contributed by atoms with Gasteiger partial charge in [0.2, 0.25) is 0 Å². The predicted octanol–water partition coefficient (Wildman–Crippen LogP) is 4.71. The Labute approximate surface area is 132 Å². The molecular formula is C17H27BrN2. The van der Waals surface area contributed by atoms with E-state index in [1.807, 2.05) is 0 Å².